The fraction of sp³-hybridized carbons (Fsp3) is 0.158. The molecule has 0 N–H and O–H groups in total. The quantitative estimate of drug-likeness (QED) is 0.595. The monoisotopic (exact) mass is 342 g/mol. The molecule has 0 amide bonds. The molecule has 3 aromatic rings. The van der Waals surface area contributed by atoms with E-state index in [4.69, 9.17) is 4.98 Å². The first-order valence-electron chi connectivity index (χ1n) is 7.61. The van der Waals surface area contributed by atoms with E-state index < -0.39 is 5.97 Å². The third-order valence-electron chi connectivity index (χ3n) is 4.30. The molecule has 5 heteroatoms. The van der Waals surface area contributed by atoms with Crippen molar-refractivity contribution in [2.45, 2.75) is 13.3 Å². The number of carbonyl (C=O) groups is 1. The van der Waals surface area contributed by atoms with Crippen molar-refractivity contribution >= 4 is 28.4 Å². The molecule has 0 radical (unpaired) electrons. The summed E-state index contributed by atoms with van der Waals surface area (Å²) in [6.45, 7) is 2.91. The van der Waals surface area contributed by atoms with Crippen LogP contribution in [-0.4, -0.2) is 17.5 Å². The van der Waals surface area contributed by atoms with Gasteiger partial charge in [-0.05, 0) is 54.3 Å². The summed E-state index contributed by atoms with van der Waals surface area (Å²) in [5.41, 5.74) is 4.55. The van der Waals surface area contributed by atoms with Crippen molar-refractivity contribution in [2.24, 2.45) is 0 Å². The predicted molar refractivity (Wildman–Crippen MR) is 88.0 cm³/mol. The maximum atomic E-state index is 10.9. The van der Waals surface area contributed by atoms with Gasteiger partial charge in [0.05, 0.1) is 11.5 Å². The van der Waals surface area contributed by atoms with E-state index in [0.29, 0.717) is 0 Å². The molecule has 1 aromatic heterocycles. The van der Waals surface area contributed by atoms with Gasteiger partial charge in [0, 0.05) is 17.6 Å². The number of carboxylic acids is 1. The van der Waals surface area contributed by atoms with Crippen molar-refractivity contribution in [3.05, 3.63) is 65.2 Å². The maximum Gasteiger partial charge on any atom is 1.00 e. The Morgan fingerprint density at radius 1 is 1.12 bits per heavy atom. The zero-order valence-corrected chi connectivity index (χ0v) is 16.9. The number of rotatable bonds is 2. The van der Waals surface area contributed by atoms with Gasteiger partial charge in [0.15, 0.2) is 0 Å². The number of aryl methyl sites for hydroxylation is 1. The number of carboxylic acid groups (broad SMARTS) is 1. The molecule has 0 saturated heterocycles. The SMILES string of the molecule is Cc1ccc2cc3c(nc2c1)N(c1ccc(C(=O)[O-])cc1)CC3.[K+]. The molecule has 0 aliphatic carbocycles. The molecular weight excluding hydrogens is 327 g/mol. The fourth-order valence-electron chi connectivity index (χ4n) is 3.10. The van der Waals surface area contributed by atoms with Gasteiger partial charge < -0.3 is 14.8 Å². The van der Waals surface area contributed by atoms with Crippen molar-refractivity contribution in [1.29, 1.82) is 0 Å². The second-order valence-corrected chi connectivity index (χ2v) is 5.90. The summed E-state index contributed by atoms with van der Waals surface area (Å²) in [4.78, 5) is 17.8. The Balaban J connectivity index is 0.00000169. The van der Waals surface area contributed by atoms with Gasteiger partial charge in [-0.2, -0.15) is 0 Å². The van der Waals surface area contributed by atoms with Crippen LogP contribution in [0.25, 0.3) is 10.9 Å². The van der Waals surface area contributed by atoms with E-state index in [2.05, 4.69) is 36.1 Å². The first-order chi connectivity index (χ1) is 11.1. The largest absolute Gasteiger partial charge is 1.00 e. The first kappa shape index (κ1) is 17.6. The Morgan fingerprint density at radius 3 is 2.58 bits per heavy atom. The Morgan fingerprint density at radius 2 is 1.88 bits per heavy atom. The van der Waals surface area contributed by atoms with E-state index in [0.717, 1.165) is 35.4 Å². The van der Waals surface area contributed by atoms with Crippen molar-refractivity contribution in [2.75, 3.05) is 11.4 Å². The number of nitrogens with zero attached hydrogens (tertiary/aromatic N) is 2. The average molecular weight is 342 g/mol. The van der Waals surface area contributed by atoms with Crippen LogP contribution in [0.1, 0.15) is 21.5 Å². The molecule has 0 atom stereocenters. The van der Waals surface area contributed by atoms with Gasteiger partial charge in [-0.3, -0.25) is 0 Å². The van der Waals surface area contributed by atoms with Crippen LogP contribution in [0.4, 0.5) is 11.5 Å². The molecule has 0 saturated carbocycles. The van der Waals surface area contributed by atoms with Crippen LogP contribution in [0.15, 0.2) is 48.5 Å². The molecule has 2 aromatic carbocycles. The third-order valence-corrected chi connectivity index (χ3v) is 4.30. The molecule has 4 nitrogen and oxygen atoms in total. The molecular formula is C19H15KN2O2. The third kappa shape index (κ3) is 3.14. The number of hydrogen-bond donors (Lipinski definition) is 0. The molecule has 2 heterocycles. The Kier molecular flexibility index (Phi) is 5.08. The standard InChI is InChI=1S/C19H16N2O2.K/c1-12-2-3-14-11-15-8-9-21(18(15)20-17(14)10-12)16-6-4-13(5-7-16)19(22)23;/h2-7,10-11H,8-9H2,1H3,(H,22,23);/q;+1/p-1. The Labute approximate surface area is 182 Å². The molecule has 4 rings (SSSR count). The van der Waals surface area contributed by atoms with Gasteiger partial charge in [0.1, 0.15) is 5.82 Å². The summed E-state index contributed by atoms with van der Waals surface area (Å²) >= 11 is 0. The van der Waals surface area contributed by atoms with E-state index in [-0.39, 0.29) is 56.9 Å². The molecule has 1 aliphatic heterocycles. The van der Waals surface area contributed by atoms with E-state index in [1.54, 1.807) is 12.1 Å². The van der Waals surface area contributed by atoms with Crippen molar-refractivity contribution in [3.8, 4) is 0 Å². The minimum atomic E-state index is -1.15. The second-order valence-electron chi connectivity index (χ2n) is 5.90. The average Bonchev–Trinajstić information content (AvgIpc) is 2.95. The predicted octanol–water partition coefficient (Wildman–Crippen LogP) is -0.395. The molecule has 24 heavy (non-hydrogen) atoms. The number of anilines is 2. The molecule has 0 spiro atoms. The van der Waals surface area contributed by atoms with Crippen molar-refractivity contribution in [1.82, 2.24) is 4.98 Å². The summed E-state index contributed by atoms with van der Waals surface area (Å²) in [5.74, 6) is -0.192. The van der Waals surface area contributed by atoms with Crippen molar-refractivity contribution in [3.63, 3.8) is 0 Å². The van der Waals surface area contributed by atoms with Gasteiger partial charge in [-0.1, -0.05) is 24.3 Å². The normalized spacial score (nSPS) is 12.8. The van der Waals surface area contributed by atoms with E-state index in [1.165, 1.54) is 11.1 Å². The number of aromatic nitrogens is 1. The van der Waals surface area contributed by atoms with Crippen LogP contribution < -0.4 is 61.4 Å². The number of benzene rings is 2. The summed E-state index contributed by atoms with van der Waals surface area (Å²) in [6.07, 6.45) is 0.939. The number of aromatic carboxylic acids is 1. The Bertz CT molecular complexity index is 923. The van der Waals surface area contributed by atoms with Gasteiger partial charge in [0.25, 0.3) is 0 Å². The van der Waals surface area contributed by atoms with Crippen LogP contribution in [0.3, 0.4) is 0 Å². The van der Waals surface area contributed by atoms with Crippen LogP contribution in [-0.2, 0) is 6.42 Å². The van der Waals surface area contributed by atoms with Crippen LogP contribution in [0.2, 0.25) is 0 Å². The van der Waals surface area contributed by atoms with Crippen LogP contribution in [0.5, 0.6) is 0 Å². The van der Waals surface area contributed by atoms with Gasteiger partial charge in [-0.15, -0.1) is 0 Å². The summed E-state index contributed by atoms with van der Waals surface area (Å²) < 4.78 is 0. The topological polar surface area (TPSA) is 56.3 Å². The van der Waals surface area contributed by atoms with Crippen LogP contribution in [0, 0.1) is 6.92 Å². The van der Waals surface area contributed by atoms with E-state index in [9.17, 15) is 9.90 Å². The zero-order chi connectivity index (χ0) is 16.0. The zero-order valence-electron chi connectivity index (χ0n) is 13.7. The maximum absolute atomic E-state index is 10.9. The number of carbonyl (C=O) groups excluding carboxylic acids is 1. The van der Waals surface area contributed by atoms with E-state index >= 15 is 0 Å². The number of pyridine rings is 1. The smallest absolute Gasteiger partial charge is 0.545 e. The second kappa shape index (κ2) is 6.94. The molecule has 0 unspecified atom stereocenters. The van der Waals surface area contributed by atoms with Gasteiger partial charge in [-0.25, -0.2) is 4.98 Å². The molecule has 1 aliphatic rings. The molecule has 0 fully saturated rings. The summed E-state index contributed by atoms with van der Waals surface area (Å²) in [7, 11) is 0. The minimum absolute atomic E-state index is 0. The Hall–Kier alpha value is -1.24. The number of fused-ring (bicyclic) bond motifs is 2. The van der Waals surface area contributed by atoms with Crippen molar-refractivity contribution < 1.29 is 61.3 Å². The number of hydrogen-bond acceptors (Lipinski definition) is 4. The van der Waals surface area contributed by atoms with Crippen LogP contribution >= 0.6 is 0 Å². The first-order valence-corrected chi connectivity index (χ1v) is 7.61. The summed E-state index contributed by atoms with van der Waals surface area (Å²) in [6, 6.07) is 15.3. The van der Waals surface area contributed by atoms with Gasteiger partial charge in [0.2, 0.25) is 0 Å². The molecule has 114 valence electrons. The fourth-order valence-corrected chi connectivity index (χ4v) is 3.10. The minimum Gasteiger partial charge on any atom is -0.545 e. The summed E-state index contributed by atoms with van der Waals surface area (Å²) in [5, 5.41) is 12.0. The van der Waals surface area contributed by atoms with E-state index in [1.807, 2.05) is 12.1 Å². The molecule has 0 bridgehead atoms. The van der Waals surface area contributed by atoms with Gasteiger partial charge >= 0.3 is 51.4 Å².